The van der Waals surface area contributed by atoms with Gasteiger partial charge in [-0.05, 0) is 79.9 Å². The Kier molecular flexibility index (Phi) is 7.48. The van der Waals surface area contributed by atoms with Gasteiger partial charge in [-0.1, -0.05) is 11.6 Å². The van der Waals surface area contributed by atoms with Crippen molar-refractivity contribution in [1.29, 1.82) is 0 Å². The molecule has 0 saturated carbocycles. The largest absolute Gasteiger partial charge is 0.494 e. The van der Waals surface area contributed by atoms with Crippen LogP contribution in [-0.2, 0) is 10.0 Å². The lowest BCUT2D eigenvalue weighted by Crippen LogP contribution is -2.16. The first-order valence-corrected chi connectivity index (χ1v) is 12.4. The summed E-state index contributed by atoms with van der Waals surface area (Å²) in [4.78, 5) is 13.7. The summed E-state index contributed by atoms with van der Waals surface area (Å²) in [5.74, 6) is 0.140. The van der Waals surface area contributed by atoms with Crippen molar-refractivity contribution in [2.75, 3.05) is 22.9 Å². The van der Waals surface area contributed by atoms with Crippen molar-refractivity contribution in [2.45, 2.75) is 16.7 Å². The molecule has 0 atom stereocenters. The Balaban J connectivity index is 1.80. The average Bonchev–Trinajstić information content (AvgIpc) is 2.75. The second kappa shape index (κ2) is 10.1. The van der Waals surface area contributed by atoms with E-state index in [-0.39, 0.29) is 15.5 Å². The van der Waals surface area contributed by atoms with Crippen LogP contribution in [0.1, 0.15) is 17.3 Å². The van der Waals surface area contributed by atoms with E-state index in [9.17, 15) is 13.2 Å². The molecule has 162 valence electrons. The highest BCUT2D eigenvalue weighted by Gasteiger charge is 2.19. The minimum atomic E-state index is -3.93. The third-order valence-electron chi connectivity index (χ3n) is 4.26. The Hall–Kier alpha value is -2.68. The maximum Gasteiger partial charge on any atom is 0.261 e. The van der Waals surface area contributed by atoms with Gasteiger partial charge < -0.3 is 10.1 Å². The molecular weight excluding hydrogens is 456 g/mol. The van der Waals surface area contributed by atoms with Crippen LogP contribution in [0.25, 0.3) is 0 Å². The van der Waals surface area contributed by atoms with Crippen LogP contribution in [-0.4, -0.2) is 27.2 Å². The second-order valence-electron chi connectivity index (χ2n) is 6.39. The van der Waals surface area contributed by atoms with Gasteiger partial charge in [0.05, 0.1) is 22.1 Å². The first kappa shape index (κ1) is 23.0. The Morgan fingerprint density at radius 3 is 2.26 bits per heavy atom. The lowest BCUT2D eigenvalue weighted by atomic mass is 10.2. The number of rotatable bonds is 8. The summed E-state index contributed by atoms with van der Waals surface area (Å²) < 4.78 is 33.5. The van der Waals surface area contributed by atoms with E-state index in [2.05, 4.69) is 10.0 Å². The number of ether oxygens (including phenoxy) is 1. The standard InChI is InChI=1S/C22H21ClN2O4S2/c1-3-29-17-8-4-16(5-9-17)25-31(27,28)19-12-13-21(23)20(14-19)22(26)24-15-6-10-18(30-2)11-7-15/h4-14,25H,3H2,1-2H3,(H,24,26). The van der Waals surface area contributed by atoms with Gasteiger partial charge in [-0.25, -0.2) is 8.42 Å². The first-order valence-electron chi connectivity index (χ1n) is 9.33. The number of sulfonamides is 1. The quantitative estimate of drug-likeness (QED) is 0.418. The zero-order valence-corrected chi connectivity index (χ0v) is 19.3. The van der Waals surface area contributed by atoms with Crippen LogP contribution in [0.2, 0.25) is 5.02 Å². The van der Waals surface area contributed by atoms with Gasteiger partial charge in [0, 0.05) is 16.3 Å². The zero-order valence-electron chi connectivity index (χ0n) is 16.9. The molecule has 1 amide bonds. The van der Waals surface area contributed by atoms with Crippen LogP contribution < -0.4 is 14.8 Å². The summed E-state index contributed by atoms with van der Waals surface area (Å²) >= 11 is 7.76. The lowest BCUT2D eigenvalue weighted by Gasteiger charge is -2.12. The molecule has 0 unspecified atom stereocenters. The van der Waals surface area contributed by atoms with E-state index in [0.717, 1.165) is 4.90 Å². The van der Waals surface area contributed by atoms with Crippen molar-refractivity contribution in [3.63, 3.8) is 0 Å². The number of benzene rings is 3. The summed E-state index contributed by atoms with van der Waals surface area (Å²) in [5, 5.41) is 2.89. The molecule has 3 rings (SSSR count). The maximum absolute atomic E-state index is 12.8. The highest BCUT2D eigenvalue weighted by Crippen LogP contribution is 2.25. The summed E-state index contributed by atoms with van der Waals surface area (Å²) in [6.07, 6.45) is 1.96. The van der Waals surface area contributed by atoms with Crippen molar-refractivity contribution < 1.29 is 17.9 Å². The maximum atomic E-state index is 12.8. The van der Waals surface area contributed by atoms with Gasteiger partial charge in [-0.2, -0.15) is 0 Å². The summed E-state index contributed by atoms with van der Waals surface area (Å²) in [5.41, 5.74) is 1.02. The third kappa shape index (κ3) is 5.94. The molecule has 0 radical (unpaired) electrons. The number of hydrogen-bond acceptors (Lipinski definition) is 5. The van der Waals surface area contributed by atoms with E-state index in [4.69, 9.17) is 16.3 Å². The predicted octanol–water partition coefficient (Wildman–Crippen LogP) is 5.51. The number of carbonyl (C=O) groups excluding carboxylic acids is 1. The van der Waals surface area contributed by atoms with Crippen molar-refractivity contribution in [1.82, 2.24) is 0 Å². The van der Waals surface area contributed by atoms with Crippen LogP contribution in [0.5, 0.6) is 5.75 Å². The number of halogens is 1. The Morgan fingerprint density at radius 2 is 1.65 bits per heavy atom. The number of nitrogens with one attached hydrogen (secondary N) is 2. The van der Waals surface area contributed by atoms with Gasteiger partial charge in [0.25, 0.3) is 15.9 Å². The fourth-order valence-corrected chi connectivity index (χ4v) is 4.41. The topological polar surface area (TPSA) is 84.5 Å². The molecule has 0 heterocycles. The first-order chi connectivity index (χ1) is 14.8. The molecular formula is C22H21ClN2O4S2. The Morgan fingerprint density at radius 1 is 1.00 bits per heavy atom. The number of thioether (sulfide) groups is 1. The molecule has 0 saturated heterocycles. The zero-order chi connectivity index (χ0) is 22.4. The smallest absolute Gasteiger partial charge is 0.261 e. The highest BCUT2D eigenvalue weighted by molar-refractivity contribution is 7.98. The predicted molar refractivity (Wildman–Crippen MR) is 126 cm³/mol. The molecule has 0 spiro atoms. The molecule has 0 aromatic heterocycles. The molecule has 3 aromatic rings. The van der Waals surface area contributed by atoms with E-state index in [1.54, 1.807) is 48.2 Å². The van der Waals surface area contributed by atoms with Crippen molar-refractivity contribution in [2.24, 2.45) is 0 Å². The van der Waals surface area contributed by atoms with Crippen molar-refractivity contribution in [3.05, 3.63) is 77.3 Å². The summed E-state index contributed by atoms with van der Waals surface area (Å²) in [7, 11) is -3.93. The molecule has 9 heteroatoms. The second-order valence-corrected chi connectivity index (χ2v) is 9.36. The minimum absolute atomic E-state index is 0.0604. The number of carbonyl (C=O) groups is 1. The van der Waals surface area contributed by atoms with E-state index in [1.807, 2.05) is 25.3 Å². The Labute approximate surface area is 191 Å². The van der Waals surface area contributed by atoms with Crippen molar-refractivity contribution >= 4 is 50.7 Å². The van der Waals surface area contributed by atoms with Crippen LogP contribution in [0.3, 0.4) is 0 Å². The fourth-order valence-electron chi connectivity index (χ4n) is 2.72. The molecule has 0 aliphatic rings. The summed E-state index contributed by atoms with van der Waals surface area (Å²) in [6.45, 7) is 2.38. The molecule has 0 aliphatic heterocycles. The van der Waals surface area contributed by atoms with Gasteiger partial charge in [0.1, 0.15) is 5.75 Å². The van der Waals surface area contributed by atoms with Gasteiger partial charge in [0.15, 0.2) is 0 Å². The number of amides is 1. The van der Waals surface area contributed by atoms with E-state index in [1.165, 1.54) is 18.2 Å². The normalized spacial score (nSPS) is 11.1. The molecule has 0 bridgehead atoms. The molecule has 6 nitrogen and oxygen atoms in total. The van der Waals surface area contributed by atoms with E-state index < -0.39 is 15.9 Å². The molecule has 0 aliphatic carbocycles. The SMILES string of the molecule is CCOc1ccc(NS(=O)(=O)c2ccc(Cl)c(C(=O)Nc3ccc(SC)cc3)c2)cc1. The number of hydrogen-bond donors (Lipinski definition) is 2. The number of anilines is 2. The summed E-state index contributed by atoms with van der Waals surface area (Å²) in [6, 6.07) is 17.8. The highest BCUT2D eigenvalue weighted by atomic mass is 35.5. The molecule has 2 N–H and O–H groups in total. The monoisotopic (exact) mass is 476 g/mol. The van der Waals surface area contributed by atoms with Crippen LogP contribution in [0, 0.1) is 0 Å². The van der Waals surface area contributed by atoms with Crippen LogP contribution >= 0.6 is 23.4 Å². The van der Waals surface area contributed by atoms with Crippen molar-refractivity contribution in [3.8, 4) is 5.75 Å². The van der Waals surface area contributed by atoms with Crippen LogP contribution in [0.4, 0.5) is 11.4 Å². The van der Waals surface area contributed by atoms with Gasteiger partial charge in [-0.15, -0.1) is 11.8 Å². The van der Waals surface area contributed by atoms with E-state index in [0.29, 0.717) is 23.7 Å². The van der Waals surface area contributed by atoms with Gasteiger partial charge in [-0.3, -0.25) is 9.52 Å². The fraction of sp³-hybridized carbons (Fsp3) is 0.136. The Bertz CT molecular complexity index is 1170. The average molecular weight is 477 g/mol. The molecule has 3 aromatic carbocycles. The lowest BCUT2D eigenvalue weighted by molar-refractivity contribution is 0.102. The molecule has 31 heavy (non-hydrogen) atoms. The third-order valence-corrected chi connectivity index (χ3v) is 6.71. The van der Waals surface area contributed by atoms with E-state index >= 15 is 0 Å². The van der Waals surface area contributed by atoms with Gasteiger partial charge in [0.2, 0.25) is 0 Å². The van der Waals surface area contributed by atoms with Gasteiger partial charge >= 0.3 is 0 Å². The molecule has 0 fully saturated rings. The van der Waals surface area contributed by atoms with Crippen LogP contribution in [0.15, 0.2) is 76.5 Å². The minimum Gasteiger partial charge on any atom is -0.494 e.